The Labute approximate surface area is 185 Å². The van der Waals surface area contributed by atoms with E-state index in [1.54, 1.807) is 32.0 Å². The summed E-state index contributed by atoms with van der Waals surface area (Å²) in [5.41, 5.74) is 0.786. The lowest BCUT2D eigenvalue weighted by atomic mass is 10.1. The number of nitrogens with one attached hydrogen (secondary N) is 2. The van der Waals surface area contributed by atoms with Gasteiger partial charge in [0.05, 0.1) is 34.0 Å². The smallest absolute Gasteiger partial charge is 0.341 e. The first-order chi connectivity index (χ1) is 14.3. The van der Waals surface area contributed by atoms with E-state index in [0.717, 1.165) is 11.3 Å². The van der Waals surface area contributed by atoms with Crippen LogP contribution in [0.3, 0.4) is 0 Å². The molecule has 30 heavy (non-hydrogen) atoms. The summed E-state index contributed by atoms with van der Waals surface area (Å²) in [6.45, 7) is 3.40. The Morgan fingerprint density at radius 2 is 1.90 bits per heavy atom. The van der Waals surface area contributed by atoms with Crippen molar-refractivity contribution >= 4 is 63.0 Å². The molecule has 0 bridgehead atoms. The third-order valence-electron chi connectivity index (χ3n) is 3.98. The molecule has 0 aliphatic heterocycles. The number of ether oxygens (including phenoxy) is 1. The predicted octanol–water partition coefficient (Wildman–Crippen LogP) is 5.64. The minimum atomic E-state index is -0.652. The zero-order valence-electron chi connectivity index (χ0n) is 15.9. The monoisotopic (exact) mass is 466 g/mol. The Balaban J connectivity index is 1.96. The van der Waals surface area contributed by atoms with Crippen LogP contribution in [0.4, 0.5) is 10.7 Å². The molecule has 0 radical (unpaired) electrons. The Morgan fingerprint density at radius 3 is 2.57 bits per heavy atom. The molecule has 3 rings (SSSR count). The highest BCUT2D eigenvalue weighted by Crippen LogP contribution is 2.35. The van der Waals surface area contributed by atoms with Crippen LogP contribution in [0.2, 0.25) is 10.0 Å². The van der Waals surface area contributed by atoms with Crippen LogP contribution in [0.5, 0.6) is 0 Å². The zero-order valence-corrected chi connectivity index (χ0v) is 18.2. The molecule has 0 aliphatic carbocycles. The molecule has 2 aromatic heterocycles. The van der Waals surface area contributed by atoms with Crippen molar-refractivity contribution in [3.05, 3.63) is 68.4 Å². The van der Waals surface area contributed by atoms with E-state index < -0.39 is 17.8 Å². The zero-order chi connectivity index (χ0) is 21.8. The van der Waals surface area contributed by atoms with Crippen LogP contribution < -0.4 is 10.6 Å². The molecule has 1 aromatic carbocycles. The van der Waals surface area contributed by atoms with E-state index in [4.69, 9.17) is 32.4 Å². The van der Waals surface area contributed by atoms with Crippen molar-refractivity contribution in [1.29, 1.82) is 0 Å². The van der Waals surface area contributed by atoms with Crippen LogP contribution in [0.25, 0.3) is 0 Å². The van der Waals surface area contributed by atoms with E-state index >= 15 is 0 Å². The van der Waals surface area contributed by atoms with Crippen LogP contribution in [0, 0.1) is 6.92 Å². The normalized spacial score (nSPS) is 10.5. The van der Waals surface area contributed by atoms with Crippen molar-refractivity contribution in [3.8, 4) is 0 Å². The van der Waals surface area contributed by atoms with Gasteiger partial charge in [-0.05, 0) is 49.7 Å². The molecule has 7 nitrogen and oxygen atoms in total. The van der Waals surface area contributed by atoms with E-state index in [1.807, 2.05) is 0 Å². The first-order valence-corrected chi connectivity index (χ1v) is 10.3. The third-order valence-corrected chi connectivity index (χ3v) is 5.75. The second-order valence-electron chi connectivity index (χ2n) is 5.99. The van der Waals surface area contributed by atoms with E-state index in [9.17, 15) is 14.4 Å². The first-order valence-electron chi connectivity index (χ1n) is 8.73. The second-order valence-corrected chi connectivity index (χ2v) is 7.85. The molecular weight excluding hydrogens is 451 g/mol. The summed E-state index contributed by atoms with van der Waals surface area (Å²) in [5, 5.41) is 6.16. The van der Waals surface area contributed by atoms with E-state index in [-0.39, 0.29) is 27.8 Å². The fraction of sp³-hybridized carbons (Fsp3) is 0.150. The second kappa shape index (κ2) is 9.34. The quantitative estimate of drug-likeness (QED) is 0.458. The fourth-order valence-electron chi connectivity index (χ4n) is 2.61. The molecule has 0 spiro atoms. The molecular formula is C20H16Cl2N2O5S. The Morgan fingerprint density at radius 1 is 1.13 bits per heavy atom. The number of amides is 2. The van der Waals surface area contributed by atoms with E-state index in [1.165, 1.54) is 18.4 Å². The van der Waals surface area contributed by atoms with Gasteiger partial charge in [0, 0.05) is 5.02 Å². The maximum atomic E-state index is 12.9. The summed E-state index contributed by atoms with van der Waals surface area (Å²) >= 11 is 13.0. The SMILES string of the molecule is CCOC(=O)c1c(NC(=O)c2ccco2)sc(C(=O)Nc2cc(Cl)ccc2Cl)c1C. The maximum Gasteiger partial charge on any atom is 0.341 e. The van der Waals surface area contributed by atoms with Crippen LogP contribution in [-0.4, -0.2) is 24.4 Å². The average molecular weight is 467 g/mol. The largest absolute Gasteiger partial charge is 0.462 e. The van der Waals surface area contributed by atoms with Crippen molar-refractivity contribution in [2.75, 3.05) is 17.2 Å². The van der Waals surface area contributed by atoms with Gasteiger partial charge in [-0.25, -0.2) is 4.79 Å². The molecule has 0 atom stereocenters. The minimum Gasteiger partial charge on any atom is -0.462 e. The van der Waals surface area contributed by atoms with Crippen molar-refractivity contribution in [2.45, 2.75) is 13.8 Å². The molecule has 0 saturated carbocycles. The highest BCUT2D eigenvalue weighted by molar-refractivity contribution is 7.19. The molecule has 2 amide bonds. The lowest BCUT2D eigenvalue weighted by Crippen LogP contribution is -2.14. The number of rotatable bonds is 6. The number of furan rings is 1. The third kappa shape index (κ3) is 4.67. The molecule has 2 N–H and O–H groups in total. The van der Waals surface area contributed by atoms with Crippen molar-refractivity contribution in [3.63, 3.8) is 0 Å². The Kier molecular flexibility index (Phi) is 6.81. The van der Waals surface area contributed by atoms with Gasteiger partial charge in [-0.3, -0.25) is 9.59 Å². The minimum absolute atomic E-state index is 0.0626. The highest BCUT2D eigenvalue weighted by atomic mass is 35.5. The number of esters is 1. The number of hydrogen-bond acceptors (Lipinski definition) is 6. The van der Waals surface area contributed by atoms with Crippen molar-refractivity contribution in [2.24, 2.45) is 0 Å². The standard InChI is InChI=1S/C20H16Cl2N2O5S/c1-3-28-20(27)15-10(2)16(18(26)23-13-9-11(21)6-7-12(13)22)30-19(15)24-17(25)14-5-4-8-29-14/h4-9H,3H2,1-2H3,(H,23,26)(H,24,25). The molecule has 0 saturated heterocycles. The van der Waals surface area contributed by atoms with Gasteiger partial charge in [-0.1, -0.05) is 23.2 Å². The summed E-state index contributed by atoms with van der Waals surface area (Å²) in [6, 6.07) is 7.70. The molecule has 156 valence electrons. The number of carbonyl (C=O) groups excluding carboxylic acids is 3. The molecule has 3 aromatic rings. The summed E-state index contributed by atoms with van der Waals surface area (Å²) in [4.78, 5) is 38.0. The summed E-state index contributed by atoms with van der Waals surface area (Å²) in [7, 11) is 0. The fourth-order valence-corrected chi connectivity index (χ4v) is 4.03. The molecule has 10 heteroatoms. The van der Waals surface area contributed by atoms with Gasteiger partial charge in [0.2, 0.25) is 0 Å². The number of hydrogen-bond donors (Lipinski definition) is 2. The van der Waals surface area contributed by atoms with Crippen LogP contribution >= 0.6 is 34.5 Å². The van der Waals surface area contributed by atoms with E-state index in [2.05, 4.69) is 10.6 Å². The first kappa shape index (κ1) is 21.9. The maximum absolute atomic E-state index is 12.9. The Bertz CT molecular complexity index is 1110. The molecule has 0 unspecified atom stereocenters. The molecule has 0 aliphatic rings. The summed E-state index contributed by atoms with van der Waals surface area (Å²) in [5.74, 6) is -1.66. The van der Waals surface area contributed by atoms with E-state index in [0.29, 0.717) is 21.3 Å². The topological polar surface area (TPSA) is 97.6 Å². The summed E-state index contributed by atoms with van der Waals surface area (Å²) in [6.07, 6.45) is 1.36. The van der Waals surface area contributed by atoms with Crippen LogP contribution in [-0.2, 0) is 4.74 Å². The van der Waals surface area contributed by atoms with Gasteiger partial charge in [0.25, 0.3) is 11.8 Å². The van der Waals surface area contributed by atoms with Gasteiger partial charge >= 0.3 is 5.97 Å². The van der Waals surface area contributed by atoms with Gasteiger partial charge in [-0.2, -0.15) is 0 Å². The predicted molar refractivity (Wildman–Crippen MR) is 116 cm³/mol. The van der Waals surface area contributed by atoms with Crippen molar-refractivity contribution < 1.29 is 23.5 Å². The lowest BCUT2D eigenvalue weighted by Gasteiger charge is -2.07. The number of anilines is 2. The number of benzene rings is 1. The lowest BCUT2D eigenvalue weighted by molar-refractivity contribution is 0.0527. The summed E-state index contributed by atoms with van der Waals surface area (Å²) < 4.78 is 10.2. The van der Waals surface area contributed by atoms with Gasteiger partial charge < -0.3 is 19.8 Å². The van der Waals surface area contributed by atoms with Crippen LogP contribution in [0.1, 0.15) is 43.1 Å². The van der Waals surface area contributed by atoms with Crippen molar-refractivity contribution in [1.82, 2.24) is 0 Å². The number of halogens is 2. The van der Waals surface area contributed by atoms with Gasteiger partial charge in [0.1, 0.15) is 5.00 Å². The highest BCUT2D eigenvalue weighted by Gasteiger charge is 2.27. The van der Waals surface area contributed by atoms with Gasteiger partial charge in [0.15, 0.2) is 5.76 Å². The van der Waals surface area contributed by atoms with Gasteiger partial charge in [-0.15, -0.1) is 11.3 Å². The molecule has 0 fully saturated rings. The van der Waals surface area contributed by atoms with Crippen LogP contribution in [0.15, 0.2) is 41.0 Å². The number of thiophene rings is 1. The Hall–Kier alpha value is -2.81. The number of carbonyl (C=O) groups is 3. The average Bonchev–Trinajstić information content (AvgIpc) is 3.33. The molecule has 2 heterocycles.